The molecule has 0 saturated carbocycles. The molecule has 0 radical (unpaired) electrons. The Morgan fingerprint density at radius 2 is 1.36 bits per heavy atom. The zero-order chi connectivity index (χ0) is 15.6. The number of fused-ring (bicyclic) bond motifs is 3. The van der Waals surface area contributed by atoms with Crippen LogP contribution >= 0.6 is 7.60 Å². The second-order valence-corrected chi connectivity index (χ2v) is 7.41. The first-order chi connectivity index (χ1) is 10.6. The van der Waals surface area contributed by atoms with Crippen LogP contribution in [0.5, 0.6) is 0 Å². The Labute approximate surface area is 129 Å². The molecule has 0 fully saturated rings. The minimum atomic E-state index is -3.85. The van der Waals surface area contributed by atoms with Crippen LogP contribution in [0.15, 0.2) is 48.5 Å². The number of benzene rings is 2. The van der Waals surface area contributed by atoms with Gasteiger partial charge in [-0.3, -0.25) is 4.57 Å². The molecule has 3 aromatic rings. The summed E-state index contributed by atoms with van der Waals surface area (Å²) in [4.78, 5) is 17.8. The summed E-state index contributed by atoms with van der Waals surface area (Å²) >= 11 is 0. The molecule has 116 valence electrons. The van der Waals surface area contributed by atoms with Gasteiger partial charge in [0.1, 0.15) is 0 Å². The first kappa shape index (κ1) is 15.3. The Hall–Kier alpha value is -1.61. The molecule has 22 heavy (non-hydrogen) atoms. The predicted octanol–water partition coefficient (Wildman–Crippen LogP) is 4.14. The van der Waals surface area contributed by atoms with Crippen LogP contribution in [0.25, 0.3) is 21.8 Å². The third-order valence-electron chi connectivity index (χ3n) is 4.01. The highest BCUT2D eigenvalue weighted by Gasteiger charge is 2.12. The van der Waals surface area contributed by atoms with Gasteiger partial charge in [0.15, 0.2) is 0 Å². The van der Waals surface area contributed by atoms with Crippen molar-refractivity contribution >= 4 is 29.4 Å². The summed E-state index contributed by atoms with van der Waals surface area (Å²) < 4.78 is 13.2. The van der Waals surface area contributed by atoms with Crippen LogP contribution in [0.3, 0.4) is 0 Å². The summed E-state index contributed by atoms with van der Waals surface area (Å²) in [5.74, 6) is 0. The number of aromatic nitrogens is 1. The van der Waals surface area contributed by atoms with Gasteiger partial charge in [-0.2, -0.15) is 0 Å². The van der Waals surface area contributed by atoms with E-state index in [4.69, 9.17) is 9.79 Å². The third-order valence-corrected chi connectivity index (χ3v) is 4.91. The normalized spacial score (nSPS) is 12.3. The first-order valence-corrected chi connectivity index (χ1v) is 9.36. The summed E-state index contributed by atoms with van der Waals surface area (Å²) in [6.45, 7) is 0.870. The predicted molar refractivity (Wildman–Crippen MR) is 90.2 cm³/mol. The fraction of sp³-hybridized carbons (Fsp3) is 0.294. The maximum absolute atomic E-state index is 10.9. The Balaban J connectivity index is 1.79. The fourth-order valence-electron chi connectivity index (χ4n) is 3.01. The number of hydrogen-bond acceptors (Lipinski definition) is 1. The molecule has 0 saturated heterocycles. The quantitative estimate of drug-likeness (QED) is 0.530. The second kappa shape index (κ2) is 6.25. The van der Waals surface area contributed by atoms with Crippen molar-refractivity contribution in [1.82, 2.24) is 4.57 Å². The molecule has 0 atom stereocenters. The average molecular weight is 317 g/mol. The van der Waals surface area contributed by atoms with Gasteiger partial charge in [-0.25, -0.2) is 0 Å². The number of para-hydroxylation sites is 2. The maximum atomic E-state index is 10.9. The lowest BCUT2D eigenvalue weighted by Crippen LogP contribution is -1.98. The molecule has 2 aromatic carbocycles. The van der Waals surface area contributed by atoms with Crippen molar-refractivity contribution in [2.24, 2.45) is 0 Å². The standard InChI is InChI=1S/C17H20NO3P/c19-22(20,21)13-7-1-6-12-18-16-10-4-2-8-14(16)15-9-3-5-11-17(15)18/h2-5,8-11H,1,6-7,12-13H2,(H2,19,20,21). The van der Waals surface area contributed by atoms with Gasteiger partial charge in [0.05, 0.1) is 0 Å². The minimum Gasteiger partial charge on any atom is -0.340 e. The van der Waals surface area contributed by atoms with E-state index in [1.807, 2.05) is 12.1 Å². The Morgan fingerprint density at radius 3 is 1.91 bits per heavy atom. The highest BCUT2D eigenvalue weighted by molar-refractivity contribution is 7.51. The van der Waals surface area contributed by atoms with Crippen molar-refractivity contribution in [3.63, 3.8) is 0 Å². The lowest BCUT2D eigenvalue weighted by atomic mass is 10.2. The van der Waals surface area contributed by atoms with E-state index in [0.29, 0.717) is 6.42 Å². The number of rotatable bonds is 6. The molecule has 0 spiro atoms. The van der Waals surface area contributed by atoms with Crippen LogP contribution < -0.4 is 0 Å². The molecule has 0 bridgehead atoms. The molecule has 0 aliphatic carbocycles. The van der Waals surface area contributed by atoms with E-state index in [1.54, 1.807) is 0 Å². The third kappa shape index (κ3) is 3.25. The molecule has 3 rings (SSSR count). The van der Waals surface area contributed by atoms with Crippen LogP contribution in [0.1, 0.15) is 19.3 Å². The van der Waals surface area contributed by atoms with E-state index in [-0.39, 0.29) is 6.16 Å². The van der Waals surface area contributed by atoms with Crippen LogP contribution in [0.4, 0.5) is 0 Å². The van der Waals surface area contributed by atoms with Gasteiger partial charge in [0, 0.05) is 34.5 Å². The summed E-state index contributed by atoms with van der Waals surface area (Å²) in [6, 6.07) is 16.7. The zero-order valence-corrected chi connectivity index (χ0v) is 13.2. The maximum Gasteiger partial charge on any atom is 0.325 e. The number of unbranched alkanes of at least 4 members (excludes halogenated alkanes) is 2. The van der Waals surface area contributed by atoms with E-state index in [2.05, 4.69) is 41.0 Å². The molecule has 0 aliphatic heterocycles. The van der Waals surface area contributed by atoms with Gasteiger partial charge in [0.25, 0.3) is 0 Å². The average Bonchev–Trinajstić information content (AvgIpc) is 2.81. The van der Waals surface area contributed by atoms with Crippen molar-refractivity contribution < 1.29 is 14.4 Å². The monoisotopic (exact) mass is 317 g/mol. The molecule has 4 nitrogen and oxygen atoms in total. The smallest absolute Gasteiger partial charge is 0.325 e. The first-order valence-electron chi connectivity index (χ1n) is 7.57. The van der Waals surface area contributed by atoms with Crippen LogP contribution in [0, 0.1) is 0 Å². The Bertz CT molecular complexity index is 781. The molecule has 1 heterocycles. The van der Waals surface area contributed by atoms with E-state index in [1.165, 1.54) is 21.8 Å². The summed E-state index contributed by atoms with van der Waals surface area (Å²) in [7, 11) is -3.85. The van der Waals surface area contributed by atoms with Crippen LogP contribution in [-0.2, 0) is 11.1 Å². The largest absolute Gasteiger partial charge is 0.340 e. The van der Waals surface area contributed by atoms with Crippen molar-refractivity contribution in [1.29, 1.82) is 0 Å². The van der Waals surface area contributed by atoms with Crippen LogP contribution in [-0.4, -0.2) is 20.5 Å². The molecule has 1 aromatic heterocycles. The molecule has 2 N–H and O–H groups in total. The molecule has 0 aliphatic rings. The lowest BCUT2D eigenvalue weighted by Gasteiger charge is -2.08. The van der Waals surface area contributed by atoms with E-state index < -0.39 is 7.60 Å². The van der Waals surface area contributed by atoms with Gasteiger partial charge in [-0.05, 0) is 25.0 Å². The SMILES string of the molecule is O=P(O)(O)CCCCCn1c2ccccc2c2ccccc21. The fourth-order valence-corrected chi connectivity index (χ4v) is 3.64. The second-order valence-electron chi connectivity index (χ2n) is 5.63. The lowest BCUT2D eigenvalue weighted by molar-refractivity contribution is 0.370. The van der Waals surface area contributed by atoms with Gasteiger partial charge >= 0.3 is 7.60 Å². The summed E-state index contributed by atoms with van der Waals surface area (Å²) in [6.07, 6.45) is 2.30. The highest BCUT2D eigenvalue weighted by Crippen LogP contribution is 2.35. The number of aryl methyl sites for hydroxylation is 1. The summed E-state index contributed by atoms with van der Waals surface area (Å²) in [5, 5.41) is 2.52. The van der Waals surface area contributed by atoms with E-state index >= 15 is 0 Å². The molecule has 5 heteroatoms. The van der Waals surface area contributed by atoms with Crippen molar-refractivity contribution in [3.05, 3.63) is 48.5 Å². The van der Waals surface area contributed by atoms with E-state index in [0.717, 1.165) is 19.4 Å². The zero-order valence-electron chi connectivity index (χ0n) is 12.4. The van der Waals surface area contributed by atoms with Gasteiger partial charge in [-0.1, -0.05) is 42.8 Å². The Kier molecular flexibility index (Phi) is 4.34. The van der Waals surface area contributed by atoms with Gasteiger partial charge < -0.3 is 14.4 Å². The number of hydrogen-bond donors (Lipinski definition) is 2. The molecular formula is C17H20NO3P. The minimum absolute atomic E-state index is 0.0137. The van der Waals surface area contributed by atoms with E-state index in [9.17, 15) is 4.57 Å². The van der Waals surface area contributed by atoms with Crippen molar-refractivity contribution in [2.75, 3.05) is 6.16 Å². The molecule has 0 amide bonds. The van der Waals surface area contributed by atoms with Gasteiger partial charge in [0.2, 0.25) is 0 Å². The van der Waals surface area contributed by atoms with Crippen LogP contribution in [0.2, 0.25) is 0 Å². The van der Waals surface area contributed by atoms with Crippen molar-refractivity contribution in [3.8, 4) is 0 Å². The Morgan fingerprint density at radius 1 is 0.818 bits per heavy atom. The highest BCUT2D eigenvalue weighted by atomic mass is 31.2. The molecular weight excluding hydrogens is 297 g/mol. The van der Waals surface area contributed by atoms with Crippen molar-refractivity contribution in [2.45, 2.75) is 25.8 Å². The summed E-state index contributed by atoms with van der Waals surface area (Å²) in [5.41, 5.74) is 2.44. The molecule has 0 unspecified atom stereocenters. The van der Waals surface area contributed by atoms with Gasteiger partial charge in [-0.15, -0.1) is 0 Å². The number of nitrogens with zero attached hydrogens (tertiary/aromatic N) is 1. The topological polar surface area (TPSA) is 62.5 Å².